The summed E-state index contributed by atoms with van der Waals surface area (Å²) in [7, 11) is 0. The van der Waals surface area contributed by atoms with Gasteiger partial charge in [0.25, 0.3) is 0 Å². The summed E-state index contributed by atoms with van der Waals surface area (Å²) >= 11 is 0. The molecule has 0 aromatic heterocycles. The number of nitrogens with one attached hydrogen (secondary N) is 1. The van der Waals surface area contributed by atoms with Crippen molar-refractivity contribution in [2.24, 2.45) is 0 Å². The van der Waals surface area contributed by atoms with Gasteiger partial charge in [0.05, 0.1) is 18.1 Å². The molecule has 3 aromatic rings. The lowest BCUT2D eigenvalue weighted by atomic mass is 9.67. The first kappa shape index (κ1) is 20.7. The van der Waals surface area contributed by atoms with Crippen LogP contribution in [0, 0.1) is 10.4 Å². The molecule has 2 unspecified atom stereocenters. The van der Waals surface area contributed by atoms with Gasteiger partial charge < -0.3 is 10.4 Å². The molecule has 2 aliphatic rings. The second-order valence-electron chi connectivity index (χ2n) is 8.85. The summed E-state index contributed by atoms with van der Waals surface area (Å²) in [4.78, 5) is 13.9. The molecule has 0 saturated carbocycles. The smallest absolute Gasteiger partial charge is 0.231 e. The highest BCUT2D eigenvalue weighted by atomic mass is 16.3. The molecule has 0 saturated heterocycles. The van der Waals surface area contributed by atoms with Crippen molar-refractivity contribution < 1.29 is 9.90 Å². The van der Waals surface area contributed by atoms with Gasteiger partial charge in [-0.05, 0) is 63.2 Å². The zero-order chi connectivity index (χ0) is 22.1. The van der Waals surface area contributed by atoms with Gasteiger partial charge in [0.2, 0.25) is 5.91 Å². The molecule has 0 spiro atoms. The molecule has 5 rings (SSSR count). The summed E-state index contributed by atoms with van der Waals surface area (Å²) in [6, 6.07) is 22.2. The van der Waals surface area contributed by atoms with Crippen molar-refractivity contribution in [2.45, 2.75) is 44.1 Å². The molecule has 2 aliphatic carbocycles. The van der Waals surface area contributed by atoms with Crippen LogP contribution in [0.25, 0.3) is 12.2 Å². The third kappa shape index (κ3) is 3.28. The predicted octanol–water partition coefficient (Wildman–Crippen LogP) is 3.38. The Morgan fingerprint density at radius 3 is 2.53 bits per heavy atom. The number of aliphatic hydroxyl groups excluding tert-OH is 1. The van der Waals surface area contributed by atoms with Gasteiger partial charge in [0, 0.05) is 0 Å². The molecule has 3 aromatic carbocycles. The lowest BCUT2D eigenvalue weighted by Gasteiger charge is -2.38. The minimum absolute atomic E-state index is 0.0181. The SMILES string of the molecule is CCC1(C(=O)NC(CO)c2ccccc2)CCC=c2ccc3c(c21)CC=c1ccccc1=3. The van der Waals surface area contributed by atoms with Crippen molar-refractivity contribution in [3.05, 3.63) is 104 Å². The molecule has 0 bridgehead atoms. The van der Waals surface area contributed by atoms with Crippen molar-refractivity contribution in [3.63, 3.8) is 0 Å². The predicted molar refractivity (Wildman–Crippen MR) is 128 cm³/mol. The normalized spacial score (nSPS) is 19.4. The first-order valence-electron chi connectivity index (χ1n) is 11.6. The van der Waals surface area contributed by atoms with Crippen molar-refractivity contribution in [1.82, 2.24) is 5.32 Å². The van der Waals surface area contributed by atoms with Gasteiger partial charge >= 0.3 is 0 Å². The highest BCUT2D eigenvalue weighted by Gasteiger charge is 2.42. The number of hydrogen-bond donors (Lipinski definition) is 2. The van der Waals surface area contributed by atoms with E-state index < -0.39 is 11.5 Å². The lowest BCUT2D eigenvalue weighted by Crippen LogP contribution is -2.50. The van der Waals surface area contributed by atoms with Crippen LogP contribution in [0.2, 0.25) is 0 Å². The number of aliphatic hydroxyl groups is 1. The van der Waals surface area contributed by atoms with Crippen LogP contribution in [0.4, 0.5) is 0 Å². The van der Waals surface area contributed by atoms with Crippen LogP contribution >= 0.6 is 0 Å². The van der Waals surface area contributed by atoms with E-state index in [1.165, 1.54) is 32.0 Å². The minimum atomic E-state index is -0.599. The zero-order valence-corrected chi connectivity index (χ0v) is 18.5. The van der Waals surface area contributed by atoms with Crippen LogP contribution in [0.5, 0.6) is 0 Å². The number of hydrogen-bond acceptors (Lipinski definition) is 2. The lowest BCUT2D eigenvalue weighted by molar-refractivity contribution is -0.128. The second-order valence-corrected chi connectivity index (χ2v) is 8.85. The van der Waals surface area contributed by atoms with E-state index >= 15 is 0 Å². The van der Waals surface area contributed by atoms with E-state index in [2.05, 4.69) is 60.8 Å². The van der Waals surface area contributed by atoms with E-state index in [9.17, 15) is 9.90 Å². The Labute approximate surface area is 188 Å². The Hall–Kier alpha value is -3.17. The monoisotopic (exact) mass is 423 g/mol. The number of amides is 1. The van der Waals surface area contributed by atoms with Crippen molar-refractivity contribution in [1.29, 1.82) is 0 Å². The van der Waals surface area contributed by atoms with Crippen LogP contribution < -0.4 is 15.8 Å². The molecular formula is C29H29NO2. The summed E-state index contributed by atoms with van der Waals surface area (Å²) in [6.45, 7) is 1.99. The Kier molecular flexibility index (Phi) is 5.44. The van der Waals surface area contributed by atoms with Crippen molar-refractivity contribution >= 4 is 18.1 Å². The molecule has 32 heavy (non-hydrogen) atoms. The van der Waals surface area contributed by atoms with Gasteiger partial charge in [0.1, 0.15) is 0 Å². The first-order valence-corrected chi connectivity index (χ1v) is 11.6. The van der Waals surface area contributed by atoms with Crippen LogP contribution in [0.3, 0.4) is 0 Å². The maximum Gasteiger partial charge on any atom is 0.231 e. The minimum Gasteiger partial charge on any atom is -0.394 e. The van der Waals surface area contributed by atoms with Gasteiger partial charge in [-0.2, -0.15) is 0 Å². The topological polar surface area (TPSA) is 49.3 Å². The van der Waals surface area contributed by atoms with Gasteiger partial charge in [0.15, 0.2) is 0 Å². The maximum absolute atomic E-state index is 13.9. The average molecular weight is 424 g/mol. The first-order chi connectivity index (χ1) is 15.7. The van der Waals surface area contributed by atoms with Crippen molar-refractivity contribution in [2.75, 3.05) is 6.61 Å². The molecule has 162 valence electrons. The quantitative estimate of drug-likeness (QED) is 0.661. The highest BCUT2D eigenvalue weighted by Crippen LogP contribution is 2.38. The summed E-state index contributed by atoms with van der Waals surface area (Å²) in [5, 5.41) is 18.2. The molecule has 1 amide bonds. The molecule has 2 N–H and O–H groups in total. The number of carbonyl (C=O) groups excluding carboxylic acids is 1. The second kappa shape index (κ2) is 8.40. The van der Waals surface area contributed by atoms with Gasteiger partial charge in [-0.3, -0.25) is 4.79 Å². The van der Waals surface area contributed by atoms with E-state index in [1.54, 1.807) is 0 Å². The summed E-state index contributed by atoms with van der Waals surface area (Å²) in [5.41, 5.74) is 2.78. The van der Waals surface area contributed by atoms with E-state index in [0.717, 1.165) is 31.2 Å². The molecule has 0 fully saturated rings. The zero-order valence-electron chi connectivity index (χ0n) is 18.5. The van der Waals surface area contributed by atoms with Crippen LogP contribution in [-0.2, 0) is 16.6 Å². The molecule has 3 heteroatoms. The summed E-state index contributed by atoms with van der Waals surface area (Å²) in [5.74, 6) is 0.0181. The van der Waals surface area contributed by atoms with E-state index in [-0.39, 0.29) is 12.5 Å². The largest absolute Gasteiger partial charge is 0.394 e. The fraction of sp³-hybridized carbons (Fsp3) is 0.276. The van der Waals surface area contributed by atoms with Gasteiger partial charge in [-0.25, -0.2) is 0 Å². The number of rotatable bonds is 5. The third-order valence-corrected chi connectivity index (χ3v) is 7.26. The Balaban J connectivity index is 1.67. The number of benzene rings is 3. The standard InChI is InChI=1S/C29H29NO2/c1-2-29(28(32)30-26(19-31)21-10-4-3-5-11-21)18-8-12-22-15-16-24-23-13-7-6-9-20(23)14-17-25(24)27(22)29/h3-7,9-16,26,31H,2,8,17-19H2,1H3,(H,30,32). The molecule has 0 aliphatic heterocycles. The molecule has 3 nitrogen and oxygen atoms in total. The Bertz CT molecular complexity index is 1380. The Morgan fingerprint density at radius 1 is 0.969 bits per heavy atom. The highest BCUT2D eigenvalue weighted by molar-refractivity contribution is 5.90. The molecule has 0 radical (unpaired) electrons. The van der Waals surface area contributed by atoms with Crippen LogP contribution in [0.1, 0.15) is 48.9 Å². The summed E-state index contributed by atoms with van der Waals surface area (Å²) < 4.78 is 0. The van der Waals surface area contributed by atoms with E-state index in [4.69, 9.17) is 0 Å². The van der Waals surface area contributed by atoms with E-state index in [1.807, 2.05) is 30.3 Å². The van der Waals surface area contributed by atoms with E-state index in [0.29, 0.717) is 0 Å². The Morgan fingerprint density at radius 2 is 1.75 bits per heavy atom. The van der Waals surface area contributed by atoms with Gasteiger partial charge in [-0.15, -0.1) is 0 Å². The molecule has 2 atom stereocenters. The van der Waals surface area contributed by atoms with Crippen LogP contribution in [0.15, 0.2) is 66.7 Å². The van der Waals surface area contributed by atoms with Crippen molar-refractivity contribution in [3.8, 4) is 0 Å². The maximum atomic E-state index is 13.9. The molecule has 0 heterocycles. The molecular weight excluding hydrogens is 394 g/mol. The fourth-order valence-corrected chi connectivity index (χ4v) is 5.55. The summed E-state index contributed by atoms with van der Waals surface area (Å²) in [6.07, 6.45) is 7.78. The average Bonchev–Trinajstić information content (AvgIpc) is 2.86. The van der Waals surface area contributed by atoms with Crippen LogP contribution in [-0.4, -0.2) is 17.6 Å². The third-order valence-electron chi connectivity index (χ3n) is 7.26. The fourth-order valence-electron chi connectivity index (χ4n) is 5.55. The number of fused-ring (bicyclic) bond motifs is 4. The van der Waals surface area contributed by atoms with Gasteiger partial charge in [-0.1, -0.05) is 85.8 Å². The number of carbonyl (C=O) groups is 1.